The molecule has 2 aliphatic rings. The van der Waals surface area contributed by atoms with Crippen LogP contribution >= 0.6 is 0 Å². The average Bonchev–Trinajstić information content (AvgIpc) is 3.37. The predicted molar refractivity (Wildman–Crippen MR) is 116 cm³/mol. The van der Waals surface area contributed by atoms with Crippen LogP contribution in [-0.4, -0.2) is 71.6 Å². The summed E-state index contributed by atoms with van der Waals surface area (Å²) in [5, 5.41) is 15.4. The van der Waals surface area contributed by atoms with Crippen molar-refractivity contribution >= 4 is 5.96 Å². The van der Waals surface area contributed by atoms with Gasteiger partial charge >= 0.3 is 0 Å². The summed E-state index contributed by atoms with van der Waals surface area (Å²) in [4.78, 5) is 7.19. The van der Waals surface area contributed by atoms with Gasteiger partial charge in [0.2, 0.25) is 0 Å². The second kappa shape index (κ2) is 12.1. The fraction of sp³-hybridized carbons (Fsp3) is 0.857. The van der Waals surface area contributed by atoms with Gasteiger partial charge in [0.25, 0.3) is 0 Å². The molecule has 0 spiro atoms. The normalized spacial score (nSPS) is 19.0. The van der Waals surface area contributed by atoms with Crippen LogP contribution in [0, 0.1) is 12.8 Å². The van der Waals surface area contributed by atoms with Crippen LogP contribution < -0.4 is 10.6 Å². The van der Waals surface area contributed by atoms with E-state index in [1.165, 1.54) is 44.9 Å². The molecule has 1 aliphatic heterocycles. The van der Waals surface area contributed by atoms with Crippen molar-refractivity contribution in [2.75, 3.05) is 45.9 Å². The summed E-state index contributed by atoms with van der Waals surface area (Å²) >= 11 is 0. The summed E-state index contributed by atoms with van der Waals surface area (Å²) in [6, 6.07) is 0. The molecule has 1 saturated carbocycles. The zero-order valence-corrected chi connectivity index (χ0v) is 18.3. The third-order valence-electron chi connectivity index (χ3n) is 6.19. The number of nitrogens with zero attached hydrogens (tertiary/aromatic N) is 5. The number of ether oxygens (including phenoxy) is 1. The molecule has 2 heterocycles. The number of aromatic nitrogens is 3. The Hall–Kier alpha value is -1.67. The predicted octanol–water partition coefficient (Wildman–Crippen LogP) is 1.85. The van der Waals surface area contributed by atoms with Crippen LogP contribution in [0.25, 0.3) is 0 Å². The van der Waals surface area contributed by atoms with Crippen LogP contribution in [0.3, 0.4) is 0 Å². The number of rotatable bonds is 10. The van der Waals surface area contributed by atoms with Gasteiger partial charge in [-0.05, 0) is 19.3 Å². The highest BCUT2D eigenvalue weighted by atomic mass is 16.5. The SMILES string of the molecule is Cc1nnc(CN=C(NCCCCC2CCCC2)NCCN2CCOCC2)n1C. The maximum absolute atomic E-state index is 5.43. The van der Waals surface area contributed by atoms with Crippen molar-refractivity contribution in [1.82, 2.24) is 30.3 Å². The Morgan fingerprint density at radius 2 is 1.86 bits per heavy atom. The van der Waals surface area contributed by atoms with Gasteiger partial charge in [0, 0.05) is 39.8 Å². The van der Waals surface area contributed by atoms with Gasteiger partial charge in [-0.15, -0.1) is 10.2 Å². The third-order valence-corrected chi connectivity index (χ3v) is 6.19. The van der Waals surface area contributed by atoms with Crippen LogP contribution in [0.15, 0.2) is 4.99 Å². The van der Waals surface area contributed by atoms with Crippen molar-refractivity contribution in [2.45, 2.75) is 58.4 Å². The number of nitrogens with one attached hydrogen (secondary N) is 2. The molecule has 0 radical (unpaired) electrons. The first-order valence-corrected chi connectivity index (χ1v) is 11.4. The molecule has 1 aromatic heterocycles. The molecule has 1 aliphatic carbocycles. The van der Waals surface area contributed by atoms with E-state index in [1.54, 1.807) is 0 Å². The van der Waals surface area contributed by atoms with Crippen LogP contribution in [0.1, 0.15) is 56.6 Å². The summed E-state index contributed by atoms with van der Waals surface area (Å²) in [7, 11) is 1.99. The molecule has 2 N–H and O–H groups in total. The Labute approximate surface area is 175 Å². The number of hydrogen-bond acceptors (Lipinski definition) is 5. The Bertz CT molecular complexity index is 619. The van der Waals surface area contributed by atoms with E-state index in [1.807, 2.05) is 18.5 Å². The van der Waals surface area contributed by atoms with Crippen molar-refractivity contribution in [3.8, 4) is 0 Å². The first-order chi connectivity index (χ1) is 14.2. The second-order valence-electron chi connectivity index (χ2n) is 8.34. The van der Waals surface area contributed by atoms with Crippen LogP contribution in [-0.2, 0) is 18.3 Å². The molecule has 8 nitrogen and oxygen atoms in total. The summed E-state index contributed by atoms with van der Waals surface area (Å²) < 4.78 is 7.42. The Morgan fingerprint density at radius 3 is 2.59 bits per heavy atom. The number of morpholine rings is 1. The molecule has 0 unspecified atom stereocenters. The number of unbranched alkanes of at least 4 members (excludes halogenated alkanes) is 1. The highest BCUT2D eigenvalue weighted by Gasteiger charge is 2.14. The van der Waals surface area contributed by atoms with Crippen LogP contribution in [0.2, 0.25) is 0 Å². The summed E-state index contributed by atoms with van der Waals surface area (Å²) in [5.41, 5.74) is 0. The quantitative estimate of drug-likeness (QED) is 0.351. The zero-order chi connectivity index (χ0) is 20.3. The number of hydrogen-bond donors (Lipinski definition) is 2. The molecule has 0 amide bonds. The van der Waals surface area contributed by atoms with Gasteiger partial charge in [0.15, 0.2) is 11.8 Å². The van der Waals surface area contributed by atoms with Gasteiger partial charge in [-0.3, -0.25) is 4.90 Å². The van der Waals surface area contributed by atoms with E-state index in [0.29, 0.717) is 6.54 Å². The van der Waals surface area contributed by atoms with E-state index in [9.17, 15) is 0 Å². The fourth-order valence-electron chi connectivity index (χ4n) is 4.13. The first kappa shape index (κ1) is 22.0. The van der Waals surface area contributed by atoms with E-state index < -0.39 is 0 Å². The van der Waals surface area contributed by atoms with E-state index in [2.05, 4.69) is 25.7 Å². The topological polar surface area (TPSA) is 79.6 Å². The smallest absolute Gasteiger partial charge is 0.191 e. The molecular formula is C21H39N7O. The van der Waals surface area contributed by atoms with Gasteiger partial charge in [-0.2, -0.15) is 0 Å². The molecule has 29 heavy (non-hydrogen) atoms. The van der Waals surface area contributed by atoms with Gasteiger partial charge in [0.05, 0.1) is 13.2 Å². The van der Waals surface area contributed by atoms with Gasteiger partial charge in [-0.1, -0.05) is 38.5 Å². The minimum Gasteiger partial charge on any atom is -0.379 e. The lowest BCUT2D eigenvalue weighted by Gasteiger charge is -2.26. The Balaban J connectivity index is 1.42. The van der Waals surface area contributed by atoms with Gasteiger partial charge in [0.1, 0.15) is 12.4 Å². The molecule has 0 aromatic carbocycles. The maximum atomic E-state index is 5.43. The lowest BCUT2D eigenvalue weighted by atomic mass is 10.0. The van der Waals surface area contributed by atoms with E-state index >= 15 is 0 Å². The van der Waals surface area contributed by atoms with Gasteiger partial charge in [-0.25, -0.2) is 4.99 Å². The maximum Gasteiger partial charge on any atom is 0.191 e. The number of aryl methyl sites for hydroxylation is 1. The standard InChI is InChI=1S/C21H39N7O/c1-18-25-26-20(27(18)2)17-24-21(23-11-12-28-13-15-29-16-14-28)22-10-6-5-9-19-7-3-4-8-19/h19H,3-17H2,1-2H3,(H2,22,23,24). The molecule has 1 aromatic rings. The Kier molecular flexibility index (Phi) is 9.21. The van der Waals surface area contributed by atoms with Crippen LogP contribution in [0.4, 0.5) is 0 Å². The van der Waals surface area contributed by atoms with Gasteiger partial charge < -0.3 is 19.9 Å². The largest absolute Gasteiger partial charge is 0.379 e. The monoisotopic (exact) mass is 405 g/mol. The lowest BCUT2D eigenvalue weighted by molar-refractivity contribution is 0.0389. The average molecular weight is 406 g/mol. The van der Waals surface area contributed by atoms with Crippen molar-refractivity contribution in [3.05, 3.63) is 11.6 Å². The summed E-state index contributed by atoms with van der Waals surface area (Å²) in [6.07, 6.45) is 9.66. The molecular weight excluding hydrogens is 366 g/mol. The van der Waals surface area contributed by atoms with Crippen molar-refractivity contribution < 1.29 is 4.74 Å². The highest BCUT2D eigenvalue weighted by Crippen LogP contribution is 2.28. The zero-order valence-electron chi connectivity index (χ0n) is 18.3. The molecule has 0 atom stereocenters. The highest BCUT2D eigenvalue weighted by molar-refractivity contribution is 5.79. The first-order valence-electron chi connectivity index (χ1n) is 11.4. The molecule has 164 valence electrons. The minimum absolute atomic E-state index is 0.534. The second-order valence-corrected chi connectivity index (χ2v) is 8.34. The van der Waals surface area contributed by atoms with E-state index in [0.717, 1.165) is 69.5 Å². The molecule has 2 fully saturated rings. The minimum atomic E-state index is 0.534. The van der Waals surface area contributed by atoms with Crippen molar-refractivity contribution in [2.24, 2.45) is 18.0 Å². The fourth-order valence-corrected chi connectivity index (χ4v) is 4.13. The van der Waals surface area contributed by atoms with Crippen LogP contribution in [0.5, 0.6) is 0 Å². The molecule has 1 saturated heterocycles. The summed E-state index contributed by atoms with van der Waals surface area (Å²) in [5.74, 6) is 3.66. The Morgan fingerprint density at radius 1 is 1.10 bits per heavy atom. The molecule has 0 bridgehead atoms. The van der Waals surface area contributed by atoms with Crippen molar-refractivity contribution in [3.63, 3.8) is 0 Å². The third kappa shape index (κ3) is 7.59. The van der Waals surface area contributed by atoms with E-state index in [-0.39, 0.29) is 0 Å². The lowest BCUT2D eigenvalue weighted by Crippen LogP contribution is -2.44. The number of guanidine groups is 1. The molecule has 8 heteroatoms. The molecule has 3 rings (SSSR count). The number of aliphatic imine (C=N–C) groups is 1. The summed E-state index contributed by atoms with van der Waals surface area (Å²) in [6.45, 7) is 9.06. The van der Waals surface area contributed by atoms with E-state index in [4.69, 9.17) is 9.73 Å². The van der Waals surface area contributed by atoms with Crippen molar-refractivity contribution in [1.29, 1.82) is 0 Å².